The smallest absolute Gasteiger partial charge is 0.133 e. The molecule has 0 amide bonds. The maximum atomic E-state index is 13.6. The van der Waals surface area contributed by atoms with Gasteiger partial charge in [-0.15, -0.1) is 0 Å². The third-order valence-corrected chi connectivity index (χ3v) is 3.94. The number of ketones is 1. The number of benzene rings is 1. The molecule has 0 saturated heterocycles. The first kappa shape index (κ1) is 16.0. The van der Waals surface area contributed by atoms with Gasteiger partial charge in [0.15, 0.2) is 0 Å². The molecule has 1 saturated carbocycles. The number of hydrogen-bond donors (Lipinski definition) is 0. The van der Waals surface area contributed by atoms with E-state index in [2.05, 4.69) is 6.92 Å². The molecule has 116 valence electrons. The summed E-state index contributed by atoms with van der Waals surface area (Å²) in [4.78, 5) is 11.3. The summed E-state index contributed by atoms with van der Waals surface area (Å²) in [6.45, 7) is 2.08. The van der Waals surface area contributed by atoms with E-state index in [4.69, 9.17) is 9.47 Å². The van der Waals surface area contributed by atoms with Gasteiger partial charge in [0.2, 0.25) is 0 Å². The Balaban J connectivity index is 2.14. The molecule has 0 aromatic heterocycles. The summed E-state index contributed by atoms with van der Waals surface area (Å²) in [6.07, 6.45) is 4.34. The van der Waals surface area contributed by atoms with Crippen LogP contribution in [0.4, 0.5) is 4.39 Å². The van der Waals surface area contributed by atoms with Gasteiger partial charge in [-0.1, -0.05) is 13.3 Å². The summed E-state index contributed by atoms with van der Waals surface area (Å²) < 4.78 is 25.1. The first-order valence-corrected chi connectivity index (χ1v) is 7.64. The zero-order valence-electron chi connectivity index (χ0n) is 12.7. The molecule has 0 bridgehead atoms. The minimum atomic E-state index is -0.283. The summed E-state index contributed by atoms with van der Waals surface area (Å²) in [7, 11) is 1.58. The summed E-state index contributed by atoms with van der Waals surface area (Å²) >= 11 is 0. The molecule has 1 aliphatic rings. The second-order valence-corrected chi connectivity index (χ2v) is 5.54. The van der Waals surface area contributed by atoms with Crippen LogP contribution in [-0.4, -0.2) is 19.0 Å². The molecule has 1 fully saturated rings. The molecular formula is C17H23FO3. The van der Waals surface area contributed by atoms with Crippen molar-refractivity contribution in [3.05, 3.63) is 29.6 Å². The highest BCUT2D eigenvalue weighted by Gasteiger charge is 2.25. The Morgan fingerprint density at radius 1 is 1.33 bits per heavy atom. The van der Waals surface area contributed by atoms with E-state index in [-0.39, 0.29) is 18.0 Å². The molecule has 0 radical (unpaired) electrons. The van der Waals surface area contributed by atoms with Crippen molar-refractivity contribution in [1.29, 1.82) is 0 Å². The Labute approximate surface area is 125 Å². The average molecular weight is 294 g/mol. The second-order valence-electron chi connectivity index (χ2n) is 5.54. The Morgan fingerprint density at radius 3 is 2.67 bits per heavy atom. The van der Waals surface area contributed by atoms with Crippen molar-refractivity contribution in [1.82, 2.24) is 0 Å². The molecule has 3 nitrogen and oxygen atoms in total. The molecule has 0 unspecified atom stereocenters. The van der Waals surface area contributed by atoms with E-state index >= 15 is 0 Å². The average Bonchev–Trinajstić information content (AvgIpc) is 2.49. The van der Waals surface area contributed by atoms with E-state index in [1.807, 2.05) is 0 Å². The molecule has 0 spiro atoms. The van der Waals surface area contributed by atoms with E-state index < -0.39 is 0 Å². The molecule has 0 N–H and O–H groups in total. The molecule has 0 heterocycles. The maximum absolute atomic E-state index is 13.6. The van der Waals surface area contributed by atoms with E-state index in [0.29, 0.717) is 24.4 Å². The third kappa shape index (κ3) is 4.27. The number of hydrogen-bond acceptors (Lipinski definition) is 3. The van der Waals surface area contributed by atoms with Gasteiger partial charge >= 0.3 is 0 Å². The van der Waals surface area contributed by atoms with Crippen LogP contribution >= 0.6 is 0 Å². The quantitative estimate of drug-likeness (QED) is 0.788. The second kappa shape index (κ2) is 7.55. The van der Waals surface area contributed by atoms with Gasteiger partial charge in [0.25, 0.3) is 0 Å². The monoisotopic (exact) mass is 294 g/mol. The van der Waals surface area contributed by atoms with Crippen LogP contribution in [0.1, 0.15) is 57.1 Å². The minimum Gasteiger partial charge on any atom is -0.496 e. The van der Waals surface area contributed by atoms with E-state index in [9.17, 15) is 9.18 Å². The molecule has 1 aromatic rings. The lowest BCUT2D eigenvalue weighted by molar-refractivity contribution is -0.124. The van der Waals surface area contributed by atoms with Crippen molar-refractivity contribution in [3.8, 4) is 5.75 Å². The number of ether oxygens (including phenoxy) is 2. The van der Waals surface area contributed by atoms with Crippen LogP contribution in [0.15, 0.2) is 18.2 Å². The van der Waals surface area contributed by atoms with E-state index in [1.54, 1.807) is 13.2 Å². The molecular weight excluding hydrogens is 271 g/mol. The molecule has 21 heavy (non-hydrogen) atoms. The zero-order chi connectivity index (χ0) is 15.2. The summed E-state index contributed by atoms with van der Waals surface area (Å²) in [6, 6.07) is 4.53. The molecule has 1 aliphatic carbocycles. The van der Waals surface area contributed by atoms with Gasteiger partial charge in [-0.25, -0.2) is 4.39 Å². The van der Waals surface area contributed by atoms with Crippen molar-refractivity contribution in [3.63, 3.8) is 0 Å². The number of carbonyl (C=O) groups excluding carboxylic acids is 1. The Morgan fingerprint density at radius 2 is 2.05 bits per heavy atom. The number of carbonyl (C=O) groups is 1. The topological polar surface area (TPSA) is 35.5 Å². The van der Waals surface area contributed by atoms with Crippen LogP contribution in [0.25, 0.3) is 0 Å². The lowest BCUT2D eigenvalue weighted by Gasteiger charge is -2.28. The normalized spacial score (nSPS) is 17.8. The fraction of sp³-hybridized carbons (Fsp3) is 0.588. The van der Waals surface area contributed by atoms with Crippen molar-refractivity contribution in [2.24, 2.45) is 0 Å². The van der Waals surface area contributed by atoms with Gasteiger partial charge in [-0.2, -0.15) is 0 Å². The first-order valence-electron chi connectivity index (χ1n) is 7.64. The van der Waals surface area contributed by atoms with Crippen molar-refractivity contribution in [2.75, 3.05) is 7.11 Å². The third-order valence-electron chi connectivity index (χ3n) is 3.94. The van der Waals surface area contributed by atoms with Gasteiger partial charge < -0.3 is 9.47 Å². The number of Topliss-reactive ketones (excluding diaryl/α,β-unsaturated/α-hetero) is 1. The zero-order valence-corrected chi connectivity index (χ0v) is 12.7. The molecule has 1 aromatic carbocycles. The lowest BCUT2D eigenvalue weighted by Crippen LogP contribution is -2.24. The summed E-state index contributed by atoms with van der Waals surface area (Å²) in [5, 5.41) is 0. The van der Waals surface area contributed by atoms with Gasteiger partial charge in [0, 0.05) is 18.4 Å². The van der Waals surface area contributed by atoms with Crippen molar-refractivity contribution >= 4 is 5.78 Å². The number of methoxy groups -OCH3 is 1. The fourth-order valence-corrected chi connectivity index (χ4v) is 2.80. The number of halogens is 1. The highest BCUT2D eigenvalue weighted by molar-refractivity contribution is 5.79. The molecule has 0 aliphatic heterocycles. The fourth-order valence-electron chi connectivity index (χ4n) is 2.80. The van der Waals surface area contributed by atoms with Crippen LogP contribution in [0.3, 0.4) is 0 Å². The Hall–Kier alpha value is -1.42. The molecule has 1 atom stereocenters. The molecule has 4 heteroatoms. The summed E-state index contributed by atoms with van der Waals surface area (Å²) in [5.74, 6) is 0.682. The highest BCUT2D eigenvalue weighted by atomic mass is 19.1. The van der Waals surface area contributed by atoms with Crippen molar-refractivity contribution in [2.45, 2.75) is 57.7 Å². The minimum absolute atomic E-state index is 0.0761. The predicted molar refractivity (Wildman–Crippen MR) is 78.9 cm³/mol. The standard InChI is InChI=1S/C17H23FO3/c1-3-4-17(21-14-8-6-13(19)7-9-14)15-11-12(18)5-10-16(15)20-2/h5,10-11,14,17H,3-4,6-9H2,1-2H3/t17-/m0/s1. The van der Waals surface area contributed by atoms with Crippen molar-refractivity contribution < 1.29 is 18.7 Å². The van der Waals surface area contributed by atoms with Gasteiger partial charge in [0.05, 0.1) is 19.3 Å². The highest BCUT2D eigenvalue weighted by Crippen LogP contribution is 2.34. The largest absolute Gasteiger partial charge is 0.496 e. The predicted octanol–water partition coefficient (Wildman–Crippen LogP) is 4.20. The maximum Gasteiger partial charge on any atom is 0.133 e. The van der Waals surface area contributed by atoms with Gasteiger partial charge in [0.1, 0.15) is 17.3 Å². The summed E-state index contributed by atoms with van der Waals surface area (Å²) in [5.41, 5.74) is 0.760. The number of rotatable bonds is 6. The van der Waals surface area contributed by atoms with Crippen LogP contribution in [0.2, 0.25) is 0 Å². The van der Waals surface area contributed by atoms with Crippen LogP contribution in [-0.2, 0) is 9.53 Å². The first-order chi connectivity index (χ1) is 10.1. The Bertz CT molecular complexity index is 477. The Kier molecular flexibility index (Phi) is 5.74. The molecule has 2 rings (SSSR count). The van der Waals surface area contributed by atoms with E-state index in [1.165, 1.54) is 12.1 Å². The lowest BCUT2D eigenvalue weighted by atomic mass is 9.95. The van der Waals surface area contributed by atoms with E-state index in [0.717, 1.165) is 31.2 Å². The van der Waals surface area contributed by atoms with Gasteiger partial charge in [-0.3, -0.25) is 4.79 Å². The SMILES string of the molecule is CCC[C@H](OC1CCC(=O)CC1)c1cc(F)ccc1OC. The van der Waals surface area contributed by atoms with Gasteiger partial charge in [-0.05, 0) is 37.5 Å². The van der Waals surface area contributed by atoms with Crippen LogP contribution < -0.4 is 4.74 Å². The van der Waals surface area contributed by atoms with Crippen LogP contribution in [0.5, 0.6) is 5.75 Å². The van der Waals surface area contributed by atoms with Crippen LogP contribution in [0, 0.1) is 5.82 Å².